The van der Waals surface area contributed by atoms with Gasteiger partial charge in [0.15, 0.2) is 0 Å². The van der Waals surface area contributed by atoms with E-state index in [9.17, 15) is 0 Å². The van der Waals surface area contributed by atoms with Crippen LogP contribution in [0.4, 0.5) is 0 Å². The van der Waals surface area contributed by atoms with Gasteiger partial charge in [-0.25, -0.2) is 0 Å². The Balaban J connectivity index is 0.00000261. The first-order chi connectivity index (χ1) is 12.8. The minimum Gasteiger partial charge on any atom is -0.496 e. The molecule has 0 spiro atoms. The van der Waals surface area contributed by atoms with Gasteiger partial charge in [0.05, 0.1) is 11.6 Å². The number of hydrogen-bond acceptors (Lipinski definition) is 3. The van der Waals surface area contributed by atoms with E-state index in [4.69, 9.17) is 9.47 Å². The highest BCUT2D eigenvalue weighted by atomic mass is 79.9. The SMILES string of the molecule is COc1ccccc1CNCc1ccc(OCc2ccccc2)c(Br)c1.Cl. The zero-order valence-corrected chi connectivity index (χ0v) is 17.6. The molecule has 0 saturated heterocycles. The Morgan fingerprint density at radius 3 is 2.30 bits per heavy atom. The molecule has 0 aliphatic carbocycles. The van der Waals surface area contributed by atoms with E-state index in [-0.39, 0.29) is 12.4 Å². The largest absolute Gasteiger partial charge is 0.496 e. The minimum atomic E-state index is 0. The van der Waals surface area contributed by atoms with Gasteiger partial charge in [-0.2, -0.15) is 0 Å². The van der Waals surface area contributed by atoms with Gasteiger partial charge in [0.2, 0.25) is 0 Å². The molecule has 5 heteroatoms. The van der Waals surface area contributed by atoms with Gasteiger partial charge in [-0.3, -0.25) is 0 Å². The van der Waals surface area contributed by atoms with Gasteiger partial charge in [0, 0.05) is 18.7 Å². The maximum Gasteiger partial charge on any atom is 0.134 e. The van der Waals surface area contributed by atoms with Crippen molar-refractivity contribution in [3.63, 3.8) is 0 Å². The summed E-state index contributed by atoms with van der Waals surface area (Å²) in [7, 11) is 1.70. The van der Waals surface area contributed by atoms with Crippen LogP contribution in [0, 0.1) is 0 Å². The molecule has 0 amide bonds. The van der Waals surface area contributed by atoms with Crippen molar-refractivity contribution in [3.8, 4) is 11.5 Å². The van der Waals surface area contributed by atoms with Gasteiger partial charge in [-0.15, -0.1) is 12.4 Å². The second kappa shape index (κ2) is 11.0. The van der Waals surface area contributed by atoms with Crippen molar-refractivity contribution in [3.05, 3.63) is 94.0 Å². The third-order valence-electron chi connectivity index (χ3n) is 4.07. The molecule has 0 unspecified atom stereocenters. The standard InChI is InChI=1S/C22H22BrNO2.ClH/c1-25-21-10-6-5-9-19(21)15-24-14-18-11-12-22(20(23)13-18)26-16-17-7-3-2-4-8-17;/h2-13,24H,14-16H2,1H3;1H. The molecule has 0 heterocycles. The summed E-state index contributed by atoms with van der Waals surface area (Å²) in [6.45, 7) is 2.09. The van der Waals surface area contributed by atoms with Crippen LogP contribution in [0.25, 0.3) is 0 Å². The smallest absolute Gasteiger partial charge is 0.134 e. The fourth-order valence-electron chi connectivity index (χ4n) is 2.70. The first kappa shape index (κ1) is 21.3. The molecular formula is C22H23BrClNO2. The molecule has 3 aromatic rings. The number of para-hydroxylation sites is 1. The van der Waals surface area contributed by atoms with Crippen LogP contribution in [-0.4, -0.2) is 7.11 Å². The summed E-state index contributed by atoms with van der Waals surface area (Å²) in [6, 6.07) is 24.4. The fourth-order valence-corrected chi connectivity index (χ4v) is 3.24. The third kappa shape index (κ3) is 6.28. The van der Waals surface area contributed by atoms with E-state index in [0.29, 0.717) is 6.61 Å². The van der Waals surface area contributed by atoms with Crippen molar-refractivity contribution < 1.29 is 9.47 Å². The average molecular weight is 449 g/mol. The second-order valence-electron chi connectivity index (χ2n) is 5.95. The zero-order valence-electron chi connectivity index (χ0n) is 15.2. The van der Waals surface area contributed by atoms with E-state index >= 15 is 0 Å². The van der Waals surface area contributed by atoms with E-state index in [1.165, 1.54) is 5.56 Å². The molecule has 0 radical (unpaired) electrons. The van der Waals surface area contributed by atoms with E-state index in [1.54, 1.807) is 7.11 Å². The molecular weight excluding hydrogens is 426 g/mol. The second-order valence-corrected chi connectivity index (χ2v) is 6.81. The summed E-state index contributed by atoms with van der Waals surface area (Å²) < 4.78 is 12.2. The average Bonchev–Trinajstić information content (AvgIpc) is 2.68. The fraction of sp³-hybridized carbons (Fsp3) is 0.182. The lowest BCUT2D eigenvalue weighted by Crippen LogP contribution is -2.13. The number of methoxy groups -OCH3 is 1. The van der Waals surface area contributed by atoms with Crippen LogP contribution in [0.2, 0.25) is 0 Å². The van der Waals surface area contributed by atoms with Crippen molar-refractivity contribution in [1.29, 1.82) is 0 Å². The van der Waals surface area contributed by atoms with Crippen LogP contribution >= 0.6 is 28.3 Å². The summed E-state index contributed by atoms with van der Waals surface area (Å²) >= 11 is 3.61. The molecule has 3 rings (SSSR count). The summed E-state index contributed by atoms with van der Waals surface area (Å²) in [5, 5.41) is 3.46. The first-order valence-electron chi connectivity index (χ1n) is 8.54. The zero-order chi connectivity index (χ0) is 18.2. The van der Waals surface area contributed by atoms with Crippen molar-refractivity contribution in [2.45, 2.75) is 19.7 Å². The predicted octanol–water partition coefficient (Wildman–Crippen LogP) is 5.75. The van der Waals surface area contributed by atoms with Crippen LogP contribution in [0.5, 0.6) is 11.5 Å². The van der Waals surface area contributed by atoms with Crippen LogP contribution in [-0.2, 0) is 19.7 Å². The highest BCUT2D eigenvalue weighted by Gasteiger charge is 2.05. The third-order valence-corrected chi connectivity index (χ3v) is 4.69. The normalized spacial score (nSPS) is 10.1. The predicted molar refractivity (Wildman–Crippen MR) is 116 cm³/mol. The maximum atomic E-state index is 5.90. The Bertz CT molecular complexity index is 843. The number of hydrogen-bond donors (Lipinski definition) is 1. The van der Waals surface area contributed by atoms with Crippen molar-refractivity contribution in [2.75, 3.05) is 7.11 Å². The van der Waals surface area contributed by atoms with Crippen molar-refractivity contribution in [1.82, 2.24) is 5.32 Å². The lowest BCUT2D eigenvalue weighted by atomic mass is 10.2. The Labute approximate surface area is 175 Å². The van der Waals surface area contributed by atoms with Gasteiger partial charge in [0.1, 0.15) is 18.1 Å². The van der Waals surface area contributed by atoms with E-state index in [0.717, 1.165) is 40.2 Å². The Kier molecular flexibility index (Phi) is 8.65. The topological polar surface area (TPSA) is 30.5 Å². The molecule has 3 aromatic carbocycles. The number of halogens is 2. The number of benzene rings is 3. The van der Waals surface area contributed by atoms with Gasteiger partial charge in [-0.05, 0) is 45.3 Å². The van der Waals surface area contributed by atoms with Crippen LogP contribution in [0.3, 0.4) is 0 Å². The van der Waals surface area contributed by atoms with Gasteiger partial charge >= 0.3 is 0 Å². The Morgan fingerprint density at radius 2 is 1.56 bits per heavy atom. The van der Waals surface area contributed by atoms with Gasteiger partial charge in [-0.1, -0.05) is 54.6 Å². The summed E-state index contributed by atoms with van der Waals surface area (Å²) in [6.07, 6.45) is 0. The quantitative estimate of drug-likeness (QED) is 0.476. The van der Waals surface area contributed by atoms with Crippen molar-refractivity contribution >= 4 is 28.3 Å². The van der Waals surface area contributed by atoms with Crippen LogP contribution < -0.4 is 14.8 Å². The highest BCUT2D eigenvalue weighted by Crippen LogP contribution is 2.27. The maximum absolute atomic E-state index is 5.90. The van der Waals surface area contributed by atoms with Gasteiger partial charge in [0.25, 0.3) is 0 Å². The number of rotatable bonds is 8. The van der Waals surface area contributed by atoms with E-state index < -0.39 is 0 Å². The summed E-state index contributed by atoms with van der Waals surface area (Å²) in [5.41, 5.74) is 3.50. The Hall–Kier alpha value is -2.01. The molecule has 0 aliphatic rings. The lowest BCUT2D eigenvalue weighted by molar-refractivity contribution is 0.304. The van der Waals surface area contributed by atoms with Crippen LogP contribution in [0.1, 0.15) is 16.7 Å². The molecule has 0 aliphatic heterocycles. The molecule has 27 heavy (non-hydrogen) atoms. The number of ether oxygens (including phenoxy) is 2. The number of nitrogens with one attached hydrogen (secondary N) is 1. The van der Waals surface area contributed by atoms with E-state index in [1.807, 2.05) is 42.5 Å². The van der Waals surface area contributed by atoms with Crippen molar-refractivity contribution in [2.24, 2.45) is 0 Å². The summed E-state index contributed by atoms with van der Waals surface area (Å²) in [5.74, 6) is 1.76. The molecule has 3 nitrogen and oxygen atoms in total. The monoisotopic (exact) mass is 447 g/mol. The summed E-state index contributed by atoms with van der Waals surface area (Å²) in [4.78, 5) is 0. The molecule has 0 atom stereocenters. The molecule has 0 bridgehead atoms. The highest BCUT2D eigenvalue weighted by molar-refractivity contribution is 9.10. The Morgan fingerprint density at radius 1 is 0.815 bits per heavy atom. The molecule has 142 valence electrons. The van der Waals surface area contributed by atoms with Crippen LogP contribution in [0.15, 0.2) is 77.3 Å². The van der Waals surface area contributed by atoms with Gasteiger partial charge < -0.3 is 14.8 Å². The molecule has 0 fully saturated rings. The molecule has 0 aromatic heterocycles. The first-order valence-corrected chi connectivity index (χ1v) is 9.33. The molecule has 0 saturated carbocycles. The lowest BCUT2D eigenvalue weighted by Gasteiger charge is -2.12. The molecule has 1 N–H and O–H groups in total. The van der Waals surface area contributed by atoms with E-state index in [2.05, 4.69) is 51.6 Å². The minimum absolute atomic E-state index is 0.